The van der Waals surface area contributed by atoms with E-state index in [4.69, 9.17) is 0 Å². The minimum Gasteiger partial charge on any atom is -0.244 e. The lowest BCUT2D eigenvalue weighted by Gasteiger charge is -2.40. The van der Waals surface area contributed by atoms with Gasteiger partial charge >= 0.3 is 0 Å². The third-order valence-electron chi connectivity index (χ3n) is 8.40. The highest BCUT2D eigenvalue weighted by molar-refractivity contribution is 4.98. The number of halogens is 2. The Morgan fingerprint density at radius 1 is 0.714 bits per heavy atom. The van der Waals surface area contributed by atoms with Gasteiger partial charge < -0.3 is 0 Å². The number of allylic oxidation sites excluding steroid dienone is 2. The molecule has 0 radical (unpaired) electrons. The van der Waals surface area contributed by atoms with Crippen LogP contribution in [0.15, 0.2) is 12.2 Å². The molecule has 3 rings (SSSR count). The number of hydrogen-bond acceptors (Lipinski definition) is 0. The zero-order chi connectivity index (χ0) is 19.9. The molecule has 0 spiro atoms. The van der Waals surface area contributed by atoms with Gasteiger partial charge in [-0.25, -0.2) is 8.78 Å². The fourth-order valence-corrected chi connectivity index (χ4v) is 6.25. The summed E-state index contributed by atoms with van der Waals surface area (Å²) in [6, 6.07) is 0. The molecule has 0 bridgehead atoms. The maximum absolute atomic E-state index is 14.5. The summed E-state index contributed by atoms with van der Waals surface area (Å²) in [5.41, 5.74) is 0. The van der Waals surface area contributed by atoms with Crippen LogP contribution in [0.1, 0.15) is 104 Å². The molecule has 3 fully saturated rings. The second-order valence-electron chi connectivity index (χ2n) is 10.4. The number of unbranched alkanes of at least 4 members (excludes halogenated alkanes) is 2. The maximum atomic E-state index is 14.5. The van der Waals surface area contributed by atoms with Crippen LogP contribution in [0, 0.1) is 35.5 Å². The van der Waals surface area contributed by atoms with Crippen molar-refractivity contribution in [3.8, 4) is 0 Å². The van der Waals surface area contributed by atoms with Gasteiger partial charge in [-0.05, 0) is 99.7 Å². The smallest absolute Gasteiger partial charge is 0.134 e. The third kappa shape index (κ3) is 6.05. The van der Waals surface area contributed by atoms with E-state index in [0.717, 1.165) is 37.5 Å². The molecule has 0 saturated heterocycles. The Hall–Kier alpha value is -0.400. The molecule has 162 valence electrons. The van der Waals surface area contributed by atoms with Gasteiger partial charge in [-0.2, -0.15) is 0 Å². The summed E-state index contributed by atoms with van der Waals surface area (Å²) in [7, 11) is 0. The molecule has 0 N–H and O–H groups in total. The highest BCUT2D eigenvalue weighted by Crippen LogP contribution is 2.44. The molecule has 0 aromatic heterocycles. The first kappa shape index (κ1) is 22.3. The van der Waals surface area contributed by atoms with Crippen molar-refractivity contribution in [3.05, 3.63) is 12.2 Å². The lowest BCUT2D eigenvalue weighted by Crippen LogP contribution is -2.41. The molecule has 4 atom stereocenters. The SMILES string of the molecule is CCCCCC1CCC(/C=C/C2CCC(C3CCC(C)C(F)C3F)CC2)CC1. The maximum Gasteiger partial charge on any atom is 0.134 e. The number of hydrogen-bond donors (Lipinski definition) is 0. The third-order valence-corrected chi connectivity index (χ3v) is 8.40. The van der Waals surface area contributed by atoms with E-state index in [0.29, 0.717) is 11.8 Å². The summed E-state index contributed by atoms with van der Waals surface area (Å²) in [5.74, 6) is 2.77. The molecule has 28 heavy (non-hydrogen) atoms. The number of alkyl halides is 2. The van der Waals surface area contributed by atoms with E-state index < -0.39 is 12.3 Å². The van der Waals surface area contributed by atoms with E-state index in [1.807, 2.05) is 6.92 Å². The Morgan fingerprint density at radius 3 is 1.93 bits per heavy atom. The monoisotopic (exact) mass is 394 g/mol. The van der Waals surface area contributed by atoms with E-state index in [2.05, 4.69) is 19.1 Å². The van der Waals surface area contributed by atoms with Gasteiger partial charge in [0.15, 0.2) is 0 Å². The zero-order valence-electron chi connectivity index (χ0n) is 18.4. The van der Waals surface area contributed by atoms with Crippen molar-refractivity contribution < 1.29 is 8.78 Å². The van der Waals surface area contributed by atoms with Gasteiger partial charge in [-0.3, -0.25) is 0 Å². The van der Waals surface area contributed by atoms with Crippen LogP contribution in [-0.4, -0.2) is 12.3 Å². The van der Waals surface area contributed by atoms with Crippen LogP contribution < -0.4 is 0 Å². The van der Waals surface area contributed by atoms with Crippen molar-refractivity contribution in [2.24, 2.45) is 35.5 Å². The van der Waals surface area contributed by atoms with Gasteiger partial charge in [0.05, 0.1) is 0 Å². The Bertz CT molecular complexity index is 457. The summed E-state index contributed by atoms with van der Waals surface area (Å²) in [6.45, 7) is 4.16. The molecule has 0 nitrogen and oxygen atoms in total. The average molecular weight is 395 g/mol. The van der Waals surface area contributed by atoms with Gasteiger partial charge in [0.2, 0.25) is 0 Å². The molecule has 0 aromatic carbocycles. The largest absolute Gasteiger partial charge is 0.244 e. The van der Waals surface area contributed by atoms with Crippen LogP contribution in [0.2, 0.25) is 0 Å². The van der Waals surface area contributed by atoms with Crippen molar-refractivity contribution in [2.75, 3.05) is 0 Å². The van der Waals surface area contributed by atoms with E-state index in [1.54, 1.807) is 0 Å². The van der Waals surface area contributed by atoms with Crippen molar-refractivity contribution in [1.82, 2.24) is 0 Å². The van der Waals surface area contributed by atoms with Gasteiger partial charge in [-0.1, -0.05) is 51.7 Å². The molecular formula is C26H44F2. The van der Waals surface area contributed by atoms with Crippen LogP contribution in [-0.2, 0) is 0 Å². The number of rotatable bonds is 7. The van der Waals surface area contributed by atoms with Crippen LogP contribution in [0.25, 0.3) is 0 Å². The van der Waals surface area contributed by atoms with Gasteiger partial charge in [0.25, 0.3) is 0 Å². The van der Waals surface area contributed by atoms with Crippen LogP contribution >= 0.6 is 0 Å². The fourth-order valence-electron chi connectivity index (χ4n) is 6.25. The zero-order valence-corrected chi connectivity index (χ0v) is 18.4. The lowest BCUT2D eigenvalue weighted by molar-refractivity contribution is -0.00498. The first-order valence-corrected chi connectivity index (χ1v) is 12.5. The Kier molecular flexibility index (Phi) is 8.85. The lowest BCUT2D eigenvalue weighted by atomic mass is 9.68. The van der Waals surface area contributed by atoms with Crippen molar-refractivity contribution in [3.63, 3.8) is 0 Å². The Morgan fingerprint density at radius 2 is 1.32 bits per heavy atom. The van der Waals surface area contributed by atoms with Crippen LogP contribution in [0.4, 0.5) is 8.78 Å². The predicted octanol–water partition coefficient (Wildman–Crippen LogP) is 8.46. The minimum atomic E-state index is -1.23. The normalized spacial score (nSPS) is 42.7. The topological polar surface area (TPSA) is 0 Å². The highest BCUT2D eigenvalue weighted by atomic mass is 19.2. The van der Waals surface area contributed by atoms with E-state index >= 15 is 0 Å². The molecule has 0 amide bonds. The van der Waals surface area contributed by atoms with Crippen LogP contribution in [0.3, 0.4) is 0 Å². The molecule has 3 aliphatic carbocycles. The second kappa shape index (κ2) is 11.1. The average Bonchev–Trinajstić information content (AvgIpc) is 2.72. The molecule has 2 heteroatoms. The summed E-state index contributed by atoms with van der Waals surface area (Å²) in [5, 5.41) is 0. The van der Waals surface area contributed by atoms with E-state index in [-0.39, 0.29) is 11.8 Å². The van der Waals surface area contributed by atoms with Crippen molar-refractivity contribution >= 4 is 0 Å². The van der Waals surface area contributed by atoms with E-state index in [9.17, 15) is 8.78 Å². The van der Waals surface area contributed by atoms with Gasteiger partial charge in [-0.15, -0.1) is 0 Å². The van der Waals surface area contributed by atoms with Gasteiger partial charge in [0.1, 0.15) is 12.3 Å². The predicted molar refractivity (Wildman–Crippen MR) is 116 cm³/mol. The second-order valence-corrected chi connectivity index (χ2v) is 10.4. The quantitative estimate of drug-likeness (QED) is 0.300. The van der Waals surface area contributed by atoms with Crippen molar-refractivity contribution in [1.29, 1.82) is 0 Å². The molecule has 0 aromatic rings. The van der Waals surface area contributed by atoms with Crippen molar-refractivity contribution in [2.45, 2.75) is 116 Å². The highest BCUT2D eigenvalue weighted by Gasteiger charge is 2.42. The molecular weight excluding hydrogens is 350 g/mol. The van der Waals surface area contributed by atoms with Crippen LogP contribution in [0.5, 0.6) is 0 Å². The molecule has 0 aliphatic heterocycles. The molecule has 0 heterocycles. The first-order chi connectivity index (χ1) is 13.6. The molecule has 3 aliphatic rings. The van der Waals surface area contributed by atoms with E-state index in [1.165, 1.54) is 64.2 Å². The summed E-state index contributed by atoms with van der Waals surface area (Å²) in [6.07, 6.45) is 20.1. The molecule has 3 saturated carbocycles. The Labute approximate surface area is 172 Å². The summed E-state index contributed by atoms with van der Waals surface area (Å²) >= 11 is 0. The standard InChI is InChI=1S/C26H44F2/c1-3-4-5-6-20-8-10-21(11-9-20)12-13-22-14-16-23(17-15-22)24-18-7-19(2)25(27)26(24)28/h12-13,19-26H,3-11,14-18H2,1-2H3/b13-12+. The van der Waals surface area contributed by atoms with Gasteiger partial charge in [0, 0.05) is 0 Å². The first-order valence-electron chi connectivity index (χ1n) is 12.5. The fraction of sp³-hybridized carbons (Fsp3) is 0.923. The summed E-state index contributed by atoms with van der Waals surface area (Å²) < 4.78 is 28.6. The molecule has 4 unspecified atom stereocenters. The minimum absolute atomic E-state index is 0.0147. The Balaban J connectivity index is 1.36. The summed E-state index contributed by atoms with van der Waals surface area (Å²) in [4.78, 5) is 0.